The molecule has 6 heteroatoms. The average Bonchev–Trinajstić information content (AvgIpc) is 3.06. The van der Waals surface area contributed by atoms with Crippen molar-refractivity contribution in [2.45, 2.75) is 38.1 Å². The standard InChI is InChI=1S/C14H16N2O4/c17-9-4-3-8(12(18)15-9)16-13(19)10-6-1-2-7(5-6)11(10)14(16)20/h6-8,10-11H,1-5H2,(H,15,17,18)/t6-,7-,8-,10-,11+/m0/s1. The van der Waals surface area contributed by atoms with Crippen molar-refractivity contribution in [3.05, 3.63) is 0 Å². The summed E-state index contributed by atoms with van der Waals surface area (Å²) in [6.07, 6.45) is 3.48. The summed E-state index contributed by atoms with van der Waals surface area (Å²) >= 11 is 0. The lowest BCUT2D eigenvalue weighted by molar-refractivity contribution is -0.152. The van der Waals surface area contributed by atoms with Crippen LogP contribution in [0.2, 0.25) is 0 Å². The first-order chi connectivity index (χ1) is 9.58. The molecule has 2 aliphatic heterocycles. The number of piperidine rings is 1. The number of nitrogens with one attached hydrogen (secondary N) is 1. The Morgan fingerprint density at radius 3 is 2.05 bits per heavy atom. The van der Waals surface area contributed by atoms with Crippen LogP contribution in [0.15, 0.2) is 0 Å². The Balaban J connectivity index is 1.64. The Kier molecular flexibility index (Phi) is 2.35. The summed E-state index contributed by atoms with van der Waals surface area (Å²) in [5.74, 6) is -0.956. The van der Waals surface area contributed by atoms with E-state index >= 15 is 0 Å². The van der Waals surface area contributed by atoms with E-state index in [0.29, 0.717) is 11.8 Å². The summed E-state index contributed by atoms with van der Waals surface area (Å²) in [5.41, 5.74) is 0. The van der Waals surface area contributed by atoms with Crippen molar-refractivity contribution >= 4 is 23.6 Å². The normalized spacial score (nSPS) is 43.2. The van der Waals surface area contributed by atoms with E-state index in [1.54, 1.807) is 0 Å². The zero-order valence-corrected chi connectivity index (χ0v) is 11.0. The van der Waals surface area contributed by atoms with Crippen molar-refractivity contribution in [1.29, 1.82) is 0 Å². The molecule has 106 valence electrons. The second-order valence-electron chi connectivity index (χ2n) is 6.40. The van der Waals surface area contributed by atoms with Crippen molar-refractivity contribution in [1.82, 2.24) is 10.2 Å². The summed E-state index contributed by atoms with van der Waals surface area (Å²) < 4.78 is 0. The van der Waals surface area contributed by atoms with E-state index in [1.165, 1.54) is 4.90 Å². The molecule has 4 rings (SSSR count). The minimum absolute atomic E-state index is 0.179. The van der Waals surface area contributed by atoms with E-state index in [9.17, 15) is 19.2 Å². The Labute approximate surface area is 115 Å². The van der Waals surface area contributed by atoms with Gasteiger partial charge in [0.15, 0.2) is 0 Å². The number of imide groups is 2. The van der Waals surface area contributed by atoms with E-state index in [1.807, 2.05) is 0 Å². The molecule has 0 aromatic carbocycles. The molecule has 2 bridgehead atoms. The Bertz CT molecular complexity index is 515. The summed E-state index contributed by atoms with van der Waals surface area (Å²) in [5, 5.41) is 2.23. The largest absolute Gasteiger partial charge is 0.295 e. The zero-order valence-electron chi connectivity index (χ0n) is 11.0. The molecule has 4 fully saturated rings. The fourth-order valence-electron chi connectivity index (χ4n) is 4.67. The molecule has 5 atom stereocenters. The SMILES string of the molecule is O=C1CC[C@H](N2C(=O)[C@@H]3[C@H]4CC[C@@H](C4)[C@@H]3C2=O)C(=O)N1. The van der Waals surface area contributed by atoms with Crippen LogP contribution in [-0.4, -0.2) is 34.6 Å². The van der Waals surface area contributed by atoms with Crippen LogP contribution in [0.25, 0.3) is 0 Å². The topological polar surface area (TPSA) is 83.6 Å². The van der Waals surface area contributed by atoms with Crippen LogP contribution in [0.4, 0.5) is 0 Å². The van der Waals surface area contributed by atoms with Gasteiger partial charge < -0.3 is 0 Å². The number of amides is 4. The molecule has 2 aliphatic carbocycles. The monoisotopic (exact) mass is 276 g/mol. The van der Waals surface area contributed by atoms with Crippen molar-refractivity contribution < 1.29 is 19.2 Å². The maximum absolute atomic E-state index is 12.6. The molecule has 0 spiro atoms. The summed E-state index contributed by atoms with van der Waals surface area (Å²) in [4.78, 5) is 49.4. The molecule has 4 amide bonds. The van der Waals surface area contributed by atoms with Gasteiger partial charge in [0, 0.05) is 6.42 Å². The second-order valence-corrected chi connectivity index (χ2v) is 6.40. The third-order valence-corrected chi connectivity index (χ3v) is 5.48. The van der Waals surface area contributed by atoms with E-state index in [0.717, 1.165) is 19.3 Å². The van der Waals surface area contributed by atoms with Crippen molar-refractivity contribution in [3.63, 3.8) is 0 Å². The lowest BCUT2D eigenvalue weighted by Crippen LogP contribution is -2.54. The Morgan fingerprint density at radius 1 is 0.900 bits per heavy atom. The van der Waals surface area contributed by atoms with Crippen molar-refractivity contribution in [3.8, 4) is 0 Å². The highest BCUT2D eigenvalue weighted by Crippen LogP contribution is 2.56. The number of rotatable bonds is 1. The molecule has 0 unspecified atom stereocenters. The highest BCUT2D eigenvalue weighted by atomic mass is 16.2. The van der Waals surface area contributed by atoms with Gasteiger partial charge in [-0.2, -0.15) is 0 Å². The lowest BCUT2D eigenvalue weighted by Gasteiger charge is -2.29. The molecule has 2 saturated heterocycles. The van der Waals surface area contributed by atoms with Crippen LogP contribution in [-0.2, 0) is 19.2 Å². The predicted octanol–water partition coefficient (Wildman–Crippen LogP) is -0.177. The Morgan fingerprint density at radius 2 is 1.50 bits per heavy atom. The smallest absolute Gasteiger partial charge is 0.249 e. The molecule has 2 heterocycles. The molecule has 6 nitrogen and oxygen atoms in total. The van der Waals surface area contributed by atoms with Gasteiger partial charge in [0.1, 0.15) is 6.04 Å². The maximum atomic E-state index is 12.6. The van der Waals surface area contributed by atoms with Gasteiger partial charge in [0.25, 0.3) is 0 Å². The van der Waals surface area contributed by atoms with Gasteiger partial charge in [-0.25, -0.2) is 0 Å². The second kappa shape index (κ2) is 3.90. The Hall–Kier alpha value is -1.72. The number of fused-ring (bicyclic) bond motifs is 5. The minimum atomic E-state index is -0.780. The number of carbonyl (C=O) groups is 4. The van der Waals surface area contributed by atoms with Gasteiger partial charge in [-0.3, -0.25) is 29.4 Å². The molecule has 0 radical (unpaired) electrons. The zero-order chi connectivity index (χ0) is 14.0. The van der Waals surface area contributed by atoms with Gasteiger partial charge in [0.05, 0.1) is 11.8 Å². The third kappa shape index (κ3) is 1.39. The summed E-state index contributed by atoms with van der Waals surface area (Å²) in [7, 11) is 0. The first-order valence-corrected chi connectivity index (χ1v) is 7.28. The molecular weight excluding hydrogens is 260 g/mol. The van der Waals surface area contributed by atoms with Crippen molar-refractivity contribution in [2.24, 2.45) is 23.7 Å². The number of nitrogens with zero attached hydrogens (tertiary/aromatic N) is 1. The van der Waals surface area contributed by atoms with Gasteiger partial charge in [-0.1, -0.05) is 0 Å². The quantitative estimate of drug-likeness (QED) is 0.674. The van der Waals surface area contributed by atoms with Gasteiger partial charge in [-0.05, 0) is 37.5 Å². The number of likely N-dealkylation sites (tertiary alicyclic amines) is 1. The molecule has 1 N–H and O–H groups in total. The first kappa shape index (κ1) is 12.1. The van der Waals surface area contributed by atoms with E-state index in [2.05, 4.69) is 5.32 Å². The molecular formula is C14H16N2O4. The number of hydrogen-bond acceptors (Lipinski definition) is 4. The van der Waals surface area contributed by atoms with Gasteiger partial charge >= 0.3 is 0 Å². The van der Waals surface area contributed by atoms with Crippen molar-refractivity contribution in [2.75, 3.05) is 0 Å². The van der Waals surface area contributed by atoms with Gasteiger partial charge in [0.2, 0.25) is 23.6 Å². The molecule has 2 saturated carbocycles. The van der Waals surface area contributed by atoms with Crippen LogP contribution in [0.3, 0.4) is 0 Å². The van der Waals surface area contributed by atoms with Gasteiger partial charge in [-0.15, -0.1) is 0 Å². The summed E-state index contributed by atoms with van der Waals surface area (Å²) in [6.45, 7) is 0. The molecule has 0 aromatic heterocycles. The third-order valence-electron chi connectivity index (χ3n) is 5.48. The van der Waals surface area contributed by atoms with Crippen LogP contribution in [0.5, 0.6) is 0 Å². The highest BCUT2D eigenvalue weighted by molar-refractivity contribution is 6.11. The van der Waals surface area contributed by atoms with E-state index in [-0.39, 0.29) is 42.4 Å². The highest BCUT2D eigenvalue weighted by Gasteiger charge is 2.62. The molecule has 4 aliphatic rings. The molecule has 20 heavy (non-hydrogen) atoms. The summed E-state index contributed by atoms with van der Waals surface area (Å²) in [6, 6.07) is -0.780. The predicted molar refractivity (Wildman–Crippen MR) is 65.8 cm³/mol. The fraction of sp³-hybridized carbons (Fsp3) is 0.714. The van der Waals surface area contributed by atoms with E-state index in [4.69, 9.17) is 0 Å². The molecule has 0 aromatic rings. The van der Waals surface area contributed by atoms with E-state index < -0.39 is 11.9 Å². The lowest BCUT2D eigenvalue weighted by atomic mass is 9.81. The average molecular weight is 276 g/mol. The number of hydrogen-bond donors (Lipinski definition) is 1. The number of carbonyl (C=O) groups excluding carboxylic acids is 4. The van der Waals surface area contributed by atoms with Crippen LogP contribution < -0.4 is 5.32 Å². The maximum Gasteiger partial charge on any atom is 0.249 e. The van der Waals surface area contributed by atoms with Crippen LogP contribution in [0.1, 0.15) is 32.1 Å². The fourth-order valence-corrected chi connectivity index (χ4v) is 4.67. The van der Waals surface area contributed by atoms with Crippen LogP contribution in [0, 0.1) is 23.7 Å². The van der Waals surface area contributed by atoms with Crippen LogP contribution >= 0.6 is 0 Å². The minimum Gasteiger partial charge on any atom is -0.295 e. The first-order valence-electron chi connectivity index (χ1n) is 7.28.